The summed E-state index contributed by atoms with van der Waals surface area (Å²) in [5.41, 5.74) is 8.54. The molecule has 59 heavy (non-hydrogen) atoms. The molecule has 0 aliphatic carbocycles. The zero-order valence-electron chi connectivity index (χ0n) is 32.3. The molecule has 0 unspecified atom stereocenters. The number of rotatable bonds is 10. The second-order valence-electron chi connectivity index (χ2n) is 14.3. The zero-order valence-corrected chi connectivity index (χ0v) is 33.1. The lowest BCUT2D eigenvalue weighted by Gasteiger charge is -2.10. The van der Waals surface area contributed by atoms with E-state index in [0.29, 0.717) is 38.4 Å². The van der Waals surface area contributed by atoms with Gasteiger partial charge in [-0.2, -0.15) is 0 Å². The van der Waals surface area contributed by atoms with Gasteiger partial charge in [0.1, 0.15) is 5.71 Å². The average Bonchev–Trinajstić information content (AvgIpc) is 4.00. The lowest BCUT2D eigenvalue weighted by atomic mass is 9.99. The third kappa shape index (κ3) is 6.67. The van der Waals surface area contributed by atoms with E-state index in [0.717, 1.165) is 54.9 Å². The number of carbonyl (C=O) groups is 4. The molecule has 3 aromatic heterocycles. The Kier molecular flexibility index (Phi) is 9.51. The van der Waals surface area contributed by atoms with Crippen LogP contribution in [0.3, 0.4) is 0 Å². The summed E-state index contributed by atoms with van der Waals surface area (Å²) in [6.07, 6.45) is 3.59. The fourth-order valence-corrected chi connectivity index (χ4v) is 8.47. The predicted molar refractivity (Wildman–Crippen MR) is 235 cm³/mol. The van der Waals surface area contributed by atoms with E-state index in [1.165, 1.54) is 18.3 Å². The number of ketones is 3. The lowest BCUT2D eigenvalue weighted by Crippen LogP contribution is -2.03. The third-order valence-electron chi connectivity index (χ3n) is 10.6. The van der Waals surface area contributed by atoms with Crippen molar-refractivity contribution in [2.75, 3.05) is 0 Å². The van der Waals surface area contributed by atoms with Gasteiger partial charge in [-0.1, -0.05) is 53.7 Å². The minimum atomic E-state index is -0.525. The monoisotopic (exact) mass is 789 g/mol. The number of hydrogen-bond donors (Lipinski definition) is 0. The van der Waals surface area contributed by atoms with Crippen molar-refractivity contribution in [2.45, 2.75) is 13.8 Å². The van der Waals surface area contributed by atoms with E-state index in [4.69, 9.17) is 4.84 Å². The molecule has 0 radical (unpaired) electrons. The molecular formula is C50H35N3O5S. The molecule has 9 rings (SSSR count). The van der Waals surface area contributed by atoms with Crippen LogP contribution >= 0.6 is 11.3 Å². The van der Waals surface area contributed by atoms with Crippen LogP contribution in [0.2, 0.25) is 0 Å². The molecule has 9 aromatic rings. The number of aromatic nitrogens is 2. The molecule has 0 aliphatic heterocycles. The predicted octanol–water partition coefficient (Wildman–Crippen LogP) is 11.0. The Morgan fingerprint density at radius 3 is 1.59 bits per heavy atom. The van der Waals surface area contributed by atoms with Crippen molar-refractivity contribution < 1.29 is 24.0 Å². The van der Waals surface area contributed by atoms with Gasteiger partial charge in [0.05, 0.1) is 15.9 Å². The molecule has 6 aromatic carbocycles. The van der Waals surface area contributed by atoms with E-state index < -0.39 is 5.97 Å². The highest BCUT2D eigenvalue weighted by Crippen LogP contribution is 2.35. The fraction of sp³-hybridized carbons (Fsp3) is 0.0600. The van der Waals surface area contributed by atoms with Crippen molar-refractivity contribution >= 4 is 84.0 Å². The van der Waals surface area contributed by atoms with Gasteiger partial charge in [0.2, 0.25) is 5.78 Å². The van der Waals surface area contributed by atoms with Gasteiger partial charge in [-0.15, -0.1) is 11.3 Å². The molecule has 0 amide bonds. The highest BCUT2D eigenvalue weighted by molar-refractivity contribution is 7.12. The van der Waals surface area contributed by atoms with Gasteiger partial charge in [0, 0.05) is 85.6 Å². The average molecular weight is 790 g/mol. The van der Waals surface area contributed by atoms with Gasteiger partial charge in [-0.25, -0.2) is 4.79 Å². The van der Waals surface area contributed by atoms with Crippen LogP contribution in [0.5, 0.6) is 0 Å². The fourth-order valence-electron chi connectivity index (χ4n) is 7.79. The summed E-state index contributed by atoms with van der Waals surface area (Å²) in [5, 5.41) is 9.50. The van der Waals surface area contributed by atoms with Crippen molar-refractivity contribution in [1.29, 1.82) is 0 Å². The zero-order chi connectivity index (χ0) is 40.8. The van der Waals surface area contributed by atoms with E-state index in [2.05, 4.69) is 14.3 Å². The first-order valence-corrected chi connectivity index (χ1v) is 19.9. The van der Waals surface area contributed by atoms with Crippen LogP contribution in [-0.4, -0.2) is 38.2 Å². The molecule has 286 valence electrons. The molecule has 0 saturated heterocycles. The van der Waals surface area contributed by atoms with Crippen LogP contribution in [-0.2, 0) is 16.7 Å². The van der Waals surface area contributed by atoms with Gasteiger partial charge < -0.3 is 14.0 Å². The third-order valence-corrected chi connectivity index (χ3v) is 11.5. The number of allylic oxidation sites excluding steroid dienone is 2. The Hall–Kier alpha value is -7.49. The van der Waals surface area contributed by atoms with E-state index in [-0.39, 0.29) is 17.3 Å². The summed E-state index contributed by atoms with van der Waals surface area (Å²) < 4.78 is 4.19. The van der Waals surface area contributed by atoms with Crippen molar-refractivity contribution in [3.63, 3.8) is 0 Å². The van der Waals surface area contributed by atoms with Crippen LogP contribution in [0.15, 0.2) is 162 Å². The number of carbonyl (C=O) groups excluding carboxylic acids is 4. The number of oxime groups is 1. The van der Waals surface area contributed by atoms with Gasteiger partial charge >= 0.3 is 5.97 Å². The Bertz CT molecular complexity index is 3220. The first-order chi connectivity index (χ1) is 28.7. The molecule has 0 atom stereocenters. The standard InChI is InChI=1S/C50H35N3O5S/c1-4-9-42(51-58-30(2)54)33-15-23-45-40(26-33)41-29-36(50(57)47-12-8-25-59-47)18-24-46(41)53(45)37-19-13-32(14-20-37)49(56)35-17-22-44-39(28-35)38-27-34(16-21-43(38)52(44)3)48(55)31-10-6-5-7-11-31/h4-29H,1-3H3/b9-4?,51-42+. The van der Waals surface area contributed by atoms with Crippen LogP contribution in [0.25, 0.3) is 49.3 Å². The normalized spacial score (nSPS) is 11.9. The van der Waals surface area contributed by atoms with Crippen LogP contribution < -0.4 is 0 Å². The Morgan fingerprint density at radius 1 is 0.559 bits per heavy atom. The van der Waals surface area contributed by atoms with Crippen molar-refractivity contribution in [3.8, 4) is 5.69 Å². The summed E-state index contributed by atoms with van der Waals surface area (Å²) in [7, 11) is 1.99. The van der Waals surface area contributed by atoms with Gasteiger partial charge in [0.15, 0.2) is 11.6 Å². The van der Waals surface area contributed by atoms with Crippen molar-refractivity contribution in [1.82, 2.24) is 9.13 Å². The quantitative estimate of drug-likeness (QED) is 0.0594. The lowest BCUT2D eigenvalue weighted by molar-refractivity contribution is -0.140. The van der Waals surface area contributed by atoms with E-state index in [9.17, 15) is 19.2 Å². The molecular weight excluding hydrogens is 755 g/mol. The molecule has 0 fully saturated rings. The second-order valence-corrected chi connectivity index (χ2v) is 15.2. The minimum absolute atomic E-state index is 0.0562. The largest absolute Gasteiger partial charge is 0.344 e. The summed E-state index contributed by atoms with van der Waals surface area (Å²) in [6, 6.07) is 43.5. The smallest absolute Gasteiger partial charge is 0.332 e. The maximum atomic E-state index is 14.1. The summed E-state index contributed by atoms with van der Waals surface area (Å²) in [6.45, 7) is 3.16. The summed E-state index contributed by atoms with van der Waals surface area (Å²) in [4.78, 5) is 58.3. The highest BCUT2D eigenvalue weighted by Gasteiger charge is 2.20. The Labute approximate surface area is 342 Å². The van der Waals surface area contributed by atoms with Gasteiger partial charge in [-0.3, -0.25) is 14.4 Å². The number of hydrogen-bond acceptors (Lipinski definition) is 7. The molecule has 0 bridgehead atoms. The number of aryl methyl sites for hydroxylation is 1. The minimum Gasteiger partial charge on any atom is -0.344 e. The number of nitrogens with zero attached hydrogens (tertiary/aromatic N) is 3. The molecule has 8 nitrogen and oxygen atoms in total. The maximum Gasteiger partial charge on any atom is 0.332 e. The topological polar surface area (TPSA) is 99.7 Å². The van der Waals surface area contributed by atoms with Crippen LogP contribution in [0, 0.1) is 0 Å². The Morgan fingerprint density at radius 2 is 1.05 bits per heavy atom. The molecule has 3 heterocycles. The van der Waals surface area contributed by atoms with Crippen LogP contribution in [0.4, 0.5) is 0 Å². The first kappa shape index (κ1) is 37.1. The molecule has 0 saturated carbocycles. The SMILES string of the molecule is CC=C/C(=N\OC(C)=O)c1ccc2c(c1)c1cc(C(=O)c3cccs3)ccc1n2-c1ccc(C(=O)c2ccc3c(c2)c2cc(C(=O)c4ccccc4)ccc2n3C)cc1. The number of fused-ring (bicyclic) bond motifs is 6. The molecule has 0 N–H and O–H groups in total. The number of benzene rings is 6. The van der Waals surface area contributed by atoms with Gasteiger partial charge in [0.25, 0.3) is 0 Å². The van der Waals surface area contributed by atoms with Gasteiger partial charge in [-0.05, 0) is 115 Å². The van der Waals surface area contributed by atoms with Crippen LogP contribution in [0.1, 0.15) is 66.5 Å². The first-order valence-electron chi connectivity index (χ1n) is 19.0. The summed E-state index contributed by atoms with van der Waals surface area (Å²) >= 11 is 1.40. The molecule has 0 aliphatic rings. The van der Waals surface area contributed by atoms with E-state index in [1.807, 2.05) is 165 Å². The molecule has 0 spiro atoms. The second kappa shape index (κ2) is 15.1. The van der Waals surface area contributed by atoms with E-state index >= 15 is 0 Å². The summed E-state index contributed by atoms with van der Waals surface area (Å²) in [5.74, 6) is -0.766. The number of thiophene rings is 1. The van der Waals surface area contributed by atoms with E-state index in [1.54, 1.807) is 6.08 Å². The van der Waals surface area contributed by atoms with Crippen molar-refractivity contribution in [3.05, 3.63) is 195 Å². The Balaban J connectivity index is 1.11. The highest BCUT2D eigenvalue weighted by atomic mass is 32.1. The maximum absolute atomic E-state index is 14.1. The van der Waals surface area contributed by atoms with Crippen molar-refractivity contribution in [2.24, 2.45) is 12.2 Å². The molecule has 9 heteroatoms.